The van der Waals surface area contributed by atoms with E-state index < -0.39 is 0 Å². The molecule has 0 atom stereocenters. The fourth-order valence-corrected chi connectivity index (χ4v) is 4.95. The fourth-order valence-electron chi connectivity index (χ4n) is 4.95. The lowest BCUT2D eigenvalue weighted by molar-refractivity contribution is 0.479. The number of para-hydroxylation sites is 1. The maximum absolute atomic E-state index is 8.30. The summed E-state index contributed by atoms with van der Waals surface area (Å²) in [6.45, 7) is 13.1. The van der Waals surface area contributed by atoms with E-state index in [9.17, 15) is 0 Å². The number of aromatic nitrogens is 4. The molecule has 0 aliphatic rings. The number of ether oxygens (including phenoxy) is 1. The van der Waals surface area contributed by atoms with E-state index in [2.05, 4.69) is 99.6 Å². The van der Waals surface area contributed by atoms with E-state index in [1.54, 1.807) is 4.57 Å². The Bertz CT molecular complexity index is 1920. The summed E-state index contributed by atoms with van der Waals surface area (Å²) < 4.78 is 26.5. The third-order valence-electron chi connectivity index (χ3n) is 7.17. The molecule has 0 bridgehead atoms. The summed E-state index contributed by atoms with van der Waals surface area (Å²) in [4.78, 5) is 8.79. The summed E-state index contributed by atoms with van der Waals surface area (Å²) in [5.41, 5.74) is 4.96. The first-order valence-corrected chi connectivity index (χ1v) is 13.2. The summed E-state index contributed by atoms with van der Waals surface area (Å²) in [6, 6.07) is 24.8. The fraction of sp³-hybridized carbons (Fsp3) is 0.235. The quantitative estimate of drug-likeness (QED) is 0.235. The number of hydrogen-bond acceptors (Lipinski definition) is 3. The van der Waals surface area contributed by atoms with Gasteiger partial charge in [0.25, 0.3) is 0 Å². The summed E-state index contributed by atoms with van der Waals surface area (Å²) >= 11 is 0. The van der Waals surface area contributed by atoms with Crippen LogP contribution < -0.4 is 4.74 Å². The molecule has 3 aromatic heterocycles. The zero-order valence-electron chi connectivity index (χ0n) is 25.3. The second kappa shape index (κ2) is 9.12. The second-order valence-electron chi connectivity index (χ2n) is 12.1. The van der Waals surface area contributed by atoms with Gasteiger partial charge in [-0.1, -0.05) is 59.7 Å². The van der Waals surface area contributed by atoms with E-state index in [0.29, 0.717) is 11.5 Å². The molecule has 0 aliphatic heterocycles. The predicted octanol–water partition coefficient (Wildman–Crippen LogP) is 8.75. The smallest absolute Gasteiger partial charge is 0.137 e. The molecule has 0 saturated heterocycles. The van der Waals surface area contributed by atoms with E-state index in [1.165, 1.54) is 11.9 Å². The van der Waals surface area contributed by atoms with Crippen LogP contribution in [-0.2, 0) is 10.8 Å². The lowest BCUT2D eigenvalue weighted by Gasteiger charge is -2.21. The third-order valence-corrected chi connectivity index (χ3v) is 7.17. The molecule has 0 fully saturated rings. The highest BCUT2D eigenvalue weighted by Gasteiger charge is 2.19. The summed E-state index contributed by atoms with van der Waals surface area (Å²) in [5, 5.41) is 2.28. The number of hydrogen-bond donors (Lipinski definition) is 0. The van der Waals surface area contributed by atoms with Crippen LogP contribution in [0.1, 0.15) is 55.4 Å². The van der Waals surface area contributed by atoms with Gasteiger partial charge in [-0.05, 0) is 64.4 Å². The highest BCUT2D eigenvalue weighted by Crippen LogP contribution is 2.37. The van der Waals surface area contributed by atoms with Crippen molar-refractivity contribution < 1.29 is 7.48 Å². The molecule has 6 rings (SSSR count). The van der Waals surface area contributed by atoms with Gasteiger partial charge >= 0.3 is 0 Å². The van der Waals surface area contributed by atoms with Gasteiger partial charge in [0.15, 0.2) is 0 Å². The zero-order valence-corrected chi connectivity index (χ0v) is 23.3. The number of imidazole rings is 1. The highest BCUT2D eigenvalue weighted by atomic mass is 16.5. The average Bonchev–Trinajstić information content (AvgIpc) is 3.43. The molecule has 0 saturated carbocycles. The molecule has 196 valence electrons. The molecule has 39 heavy (non-hydrogen) atoms. The van der Waals surface area contributed by atoms with Crippen LogP contribution in [0, 0.1) is 0 Å². The van der Waals surface area contributed by atoms with Crippen LogP contribution in [0.4, 0.5) is 0 Å². The van der Waals surface area contributed by atoms with Crippen LogP contribution in [0.3, 0.4) is 0 Å². The Kier molecular flexibility index (Phi) is 5.28. The maximum atomic E-state index is 8.30. The zero-order chi connectivity index (χ0) is 29.1. The molecule has 3 heterocycles. The van der Waals surface area contributed by atoms with Crippen LogP contribution in [0.25, 0.3) is 33.3 Å². The Morgan fingerprint density at radius 3 is 2.26 bits per heavy atom. The molecule has 5 heteroatoms. The highest BCUT2D eigenvalue weighted by molar-refractivity contribution is 6.09. The average molecular weight is 517 g/mol. The molecule has 0 unspecified atom stereocenters. The van der Waals surface area contributed by atoms with E-state index in [1.807, 2.05) is 30.5 Å². The molecule has 0 aliphatic carbocycles. The van der Waals surface area contributed by atoms with Gasteiger partial charge in [0.05, 0.1) is 25.8 Å². The Balaban J connectivity index is 1.50. The van der Waals surface area contributed by atoms with Crippen LogP contribution in [0.2, 0.25) is 0 Å². The maximum Gasteiger partial charge on any atom is 0.137 e. The van der Waals surface area contributed by atoms with Crippen LogP contribution in [0.5, 0.6) is 11.5 Å². The van der Waals surface area contributed by atoms with Crippen LogP contribution >= 0.6 is 0 Å². The number of rotatable bonds is 4. The largest absolute Gasteiger partial charge is 0.457 e. The Morgan fingerprint density at radius 1 is 0.744 bits per heavy atom. The van der Waals surface area contributed by atoms with Crippen LogP contribution in [0.15, 0.2) is 97.7 Å². The summed E-state index contributed by atoms with van der Waals surface area (Å²) in [7, 11) is 0. The first-order chi connectivity index (χ1) is 19.4. The van der Waals surface area contributed by atoms with Crippen molar-refractivity contribution in [2.75, 3.05) is 0 Å². The normalized spacial score (nSPS) is 13.1. The topological polar surface area (TPSA) is 44.9 Å². The molecule has 0 spiro atoms. The number of nitrogens with zero attached hydrogens (tertiary/aromatic N) is 4. The first-order valence-electron chi connectivity index (χ1n) is 14.2. The minimum atomic E-state index is -0.152. The van der Waals surface area contributed by atoms with Crippen molar-refractivity contribution in [3.63, 3.8) is 0 Å². The third kappa shape index (κ3) is 4.69. The van der Waals surface area contributed by atoms with Gasteiger partial charge in [0.2, 0.25) is 0 Å². The van der Waals surface area contributed by atoms with Gasteiger partial charge in [-0.15, -0.1) is 0 Å². The lowest BCUT2D eigenvalue weighted by atomic mass is 9.86. The van der Waals surface area contributed by atoms with Crippen molar-refractivity contribution >= 4 is 21.8 Å². The number of benzene rings is 3. The molecule has 3 aromatic carbocycles. The van der Waals surface area contributed by atoms with E-state index in [0.717, 1.165) is 38.9 Å². The second-order valence-corrected chi connectivity index (χ2v) is 12.1. The Hall–Kier alpha value is -4.38. The van der Waals surface area contributed by atoms with Gasteiger partial charge < -0.3 is 9.30 Å². The Labute approximate surface area is 232 Å². The van der Waals surface area contributed by atoms with Gasteiger partial charge in [-0.2, -0.15) is 0 Å². The van der Waals surface area contributed by atoms with Crippen molar-refractivity contribution in [3.8, 4) is 23.0 Å². The number of fused-ring (bicyclic) bond motifs is 3. The molecule has 5 nitrogen and oxygen atoms in total. The molecule has 0 N–H and O–H groups in total. The molecule has 0 radical (unpaired) electrons. The molecule has 6 aromatic rings. The Morgan fingerprint density at radius 2 is 1.51 bits per heavy atom. The van der Waals surface area contributed by atoms with Crippen LogP contribution in [-0.4, -0.2) is 19.1 Å². The molecule has 0 amide bonds. The monoisotopic (exact) mass is 516 g/mol. The molecular formula is C34H34N4O. The number of pyridine rings is 1. The van der Waals surface area contributed by atoms with Crippen molar-refractivity contribution in [3.05, 3.63) is 109 Å². The predicted molar refractivity (Wildman–Crippen MR) is 160 cm³/mol. The van der Waals surface area contributed by atoms with Gasteiger partial charge in [0.1, 0.15) is 17.3 Å². The lowest BCUT2D eigenvalue weighted by Crippen LogP contribution is -2.12. The van der Waals surface area contributed by atoms with Crippen molar-refractivity contribution in [2.45, 2.75) is 52.4 Å². The van der Waals surface area contributed by atoms with Gasteiger partial charge in [-0.25, -0.2) is 9.97 Å². The summed E-state index contributed by atoms with van der Waals surface area (Å²) in [6.07, 6.45) is 3.38. The van der Waals surface area contributed by atoms with Crippen molar-refractivity contribution in [1.29, 1.82) is 0 Å². The first kappa shape index (κ1) is 22.6. The minimum absolute atomic E-state index is 0.00458. The summed E-state index contributed by atoms with van der Waals surface area (Å²) in [5.74, 6) is 2.22. The molecular weight excluding hydrogens is 480 g/mol. The van der Waals surface area contributed by atoms with E-state index in [4.69, 9.17) is 12.5 Å². The van der Waals surface area contributed by atoms with Crippen molar-refractivity contribution in [1.82, 2.24) is 19.1 Å². The van der Waals surface area contributed by atoms with Gasteiger partial charge in [0, 0.05) is 41.4 Å². The van der Waals surface area contributed by atoms with E-state index >= 15 is 0 Å². The standard InChI is InChI=1S/C34H34N4O/c1-33(2,3)23-13-14-36-32(19-23)38-30-10-8-7-9-28(30)29-12-11-26(21-31(29)38)39-27-18-24(34(4,5)6)17-25(20-27)37-16-15-35-22-37/h7-22H,1-6H3/i15D,16D. The van der Waals surface area contributed by atoms with Gasteiger partial charge in [-0.3, -0.25) is 4.57 Å². The van der Waals surface area contributed by atoms with Crippen molar-refractivity contribution in [2.24, 2.45) is 0 Å². The minimum Gasteiger partial charge on any atom is -0.457 e. The van der Waals surface area contributed by atoms with E-state index in [-0.39, 0.29) is 23.2 Å². The SMILES string of the molecule is [2H]c1ncn(-c2cc(Oc3ccc4c5ccccc5n(-c5cc(C(C)(C)C)ccn5)c4c3)cc(C(C)(C)C)c2)c1[2H].